The average Bonchev–Trinajstić information content (AvgIpc) is 2.91. The number of hydrogen-bond acceptors (Lipinski definition) is 3. The molecule has 0 saturated heterocycles. The molecule has 1 aliphatic rings. The van der Waals surface area contributed by atoms with Crippen molar-refractivity contribution >= 4 is 10.0 Å². The maximum atomic E-state index is 13.2. The quantitative estimate of drug-likeness (QED) is 0.597. The first kappa shape index (κ1) is 20.6. The molecule has 1 unspecified atom stereocenters. The van der Waals surface area contributed by atoms with E-state index in [-0.39, 0.29) is 6.04 Å². The van der Waals surface area contributed by atoms with Crippen LogP contribution in [0.2, 0.25) is 0 Å². The van der Waals surface area contributed by atoms with Gasteiger partial charge in [-0.3, -0.25) is 0 Å². The average molecular weight is 422 g/mol. The Kier molecular flexibility index (Phi) is 5.93. The van der Waals surface area contributed by atoms with E-state index < -0.39 is 10.0 Å². The van der Waals surface area contributed by atoms with Gasteiger partial charge in [-0.15, -0.1) is 0 Å². The Labute approximate surface area is 179 Å². The minimum atomic E-state index is -3.52. The summed E-state index contributed by atoms with van der Waals surface area (Å²) in [5.41, 5.74) is 4.52. The lowest BCUT2D eigenvalue weighted by molar-refractivity contribution is 0.306. The maximum Gasteiger partial charge on any atom is 0.243 e. The van der Waals surface area contributed by atoms with Crippen molar-refractivity contribution < 1.29 is 13.2 Å². The van der Waals surface area contributed by atoms with Crippen molar-refractivity contribution in [1.29, 1.82) is 0 Å². The topological polar surface area (TPSA) is 46.6 Å². The van der Waals surface area contributed by atoms with E-state index in [1.165, 1.54) is 5.56 Å². The Hall–Kier alpha value is -2.63. The zero-order valence-corrected chi connectivity index (χ0v) is 18.2. The fourth-order valence-electron chi connectivity index (χ4n) is 3.94. The lowest BCUT2D eigenvalue weighted by Gasteiger charge is -2.26. The highest BCUT2D eigenvalue weighted by atomic mass is 32.2. The lowest BCUT2D eigenvalue weighted by atomic mass is 10.0. The molecule has 0 N–H and O–H groups in total. The highest BCUT2D eigenvalue weighted by molar-refractivity contribution is 7.89. The number of nitrogens with zero attached hydrogens (tertiary/aromatic N) is 1. The molecule has 30 heavy (non-hydrogen) atoms. The van der Waals surface area contributed by atoms with Crippen molar-refractivity contribution in [2.24, 2.45) is 0 Å². The molecular formula is C25H27NO3S. The fraction of sp³-hybridized carbons (Fsp3) is 0.280. The molecule has 0 saturated carbocycles. The molecule has 0 bridgehead atoms. The van der Waals surface area contributed by atoms with Gasteiger partial charge in [0.1, 0.15) is 12.4 Å². The van der Waals surface area contributed by atoms with Crippen LogP contribution in [0.1, 0.15) is 29.2 Å². The van der Waals surface area contributed by atoms with E-state index in [0.717, 1.165) is 22.4 Å². The van der Waals surface area contributed by atoms with Crippen LogP contribution in [0, 0.1) is 6.92 Å². The Morgan fingerprint density at radius 1 is 0.967 bits per heavy atom. The zero-order chi connectivity index (χ0) is 21.1. The molecule has 0 spiro atoms. The van der Waals surface area contributed by atoms with Gasteiger partial charge in [0.2, 0.25) is 10.0 Å². The second kappa shape index (κ2) is 8.62. The number of ether oxygens (including phenoxy) is 1. The highest BCUT2D eigenvalue weighted by Crippen LogP contribution is 2.28. The summed E-state index contributed by atoms with van der Waals surface area (Å²) in [5.74, 6) is 0.820. The first-order chi connectivity index (χ1) is 14.4. The largest absolute Gasteiger partial charge is 0.489 e. The number of benzene rings is 3. The molecule has 0 amide bonds. The van der Waals surface area contributed by atoms with Crippen LogP contribution in [0.25, 0.3) is 0 Å². The Morgan fingerprint density at radius 3 is 2.43 bits per heavy atom. The highest BCUT2D eigenvalue weighted by Gasteiger charge is 2.31. The number of sulfonamides is 1. The van der Waals surface area contributed by atoms with E-state index in [4.69, 9.17) is 4.74 Å². The van der Waals surface area contributed by atoms with Gasteiger partial charge in [-0.1, -0.05) is 54.1 Å². The van der Waals surface area contributed by atoms with Gasteiger partial charge in [-0.05, 0) is 67.6 Å². The van der Waals surface area contributed by atoms with Crippen LogP contribution in [-0.4, -0.2) is 25.3 Å². The van der Waals surface area contributed by atoms with E-state index in [0.29, 0.717) is 30.9 Å². The van der Waals surface area contributed by atoms with E-state index in [1.54, 1.807) is 16.4 Å². The van der Waals surface area contributed by atoms with Crippen molar-refractivity contribution in [1.82, 2.24) is 4.31 Å². The van der Waals surface area contributed by atoms with Crippen LogP contribution < -0.4 is 4.74 Å². The number of fused-ring (bicyclic) bond motifs is 1. The molecule has 4 rings (SSSR count). The lowest BCUT2D eigenvalue weighted by Crippen LogP contribution is -2.39. The Balaban J connectivity index is 1.51. The smallest absolute Gasteiger partial charge is 0.243 e. The molecule has 5 heteroatoms. The second-order valence-corrected chi connectivity index (χ2v) is 9.83. The predicted octanol–water partition coefficient (Wildman–Crippen LogP) is 4.75. The van der Waals surface area contributed by atoms with Crippen LogP contribution in [0.15, 0.2) is 77.7 Å². The molecule has 4 nitrogen and oxygen atoms in total. The molecule has 1 atom stereocenters. The van der Waals surface area contributed by atoms with Crippen LogP contribution in [0.3, 0.4) is 0 Å². The molecule has 0 aliphatic carbocycles. The Morgan fingerprint density at radius 2 is 1.70 bits per heavy atom. The summed E-state index contributed by atoms with van der Waals surface area (Å²) in [5, 5.41) is 0. The van der Waals surface area contributed by atoms with Gasteiger partial charge < -0.3 is 4.74 Å². The first-order valence-corrected chi connectivity index (χ1v) is 11.7. The summed E-state index contributed by atoms with van der Waals surface area (Å²) in [7, 11) is -3.52. The molecule has 0 fully saturated rings. The summed E-state index contributed by atoms with van der Waals surface area (Å²) in [6, 6.07) is 23.2. The molecule has 0 aromatic heterocycles. The normalized spacial score (nSPS) is 17.2. The van der Waals surface area contributed by atoms with Gasteiger partial charge in [-0.25, -0.2) is 8.42 Å². The van der Waals surface area contributed by atoms with Crippen LogP contribution >= 0.6 is 0 Å². The minimum Gasteiger partial charge on any atom is -0.489 e. The van der Waals surface area contributed by atoms with Crippen LogP contribution in [0.4, 0.5) is 0 Å². The molecular weight excluding hydrogens is 394 g/mol. The molecule has 1 aliphatic heterocycles. The first-order valence-electron chi connectivity index (χ1n) is 10.3. The fourth-order valence-corrected chi connectivity index (χ4v) is 5.57. The predicted molar refractivity (Wildman–Crippen MR) is 119 cm³/mol. The number of aryl methyl sites for hydroxylation is 1. The van der Waals surface area contributed by atoms with Crippen molar-refractivity contribution in [3.8, 4) is 5.75 Å². The van der Waals surface area contributed by atoms with Gasteiger partial charge in [0.05, 0.1) is 4.90 Å². The second-order valence-electron chi connectivity index (χ2n) is 7.94. The summed E-state index contributed by atoms with van der Waals surface area (Å²) >= 11 is 0. The molecule has 1 heterocycles. The SMILES string of the molecule is Cc1ccc(S(=O)(=O)N2CCc3cc(OCc4ccccc4)ccc3CC2C)cc1. The van der Waals surface area contributed by atoms with Crippen molar-refractivity contribution in [3.63, 3.8) is 0 Å². The van der Waals surface area contributed by atoms with Gasteiger partial charge in [0.25, 0.3) is 0 Å². The maximum absolute atomic E-state index is 13.2. The minimum absolute atomic E-state index is 0.103. The zero-order valence-electron chi connectivity index (χ0n) is 17.4. The number of hydrogen-bond donors (Lipinski definition) is 0. The Bertz CT molecular complexity index is 1110. The van der Waals surface area contributed by atoms with Crippen molar-refractivity contribution in [2.45, 2.75) is 44.2 Å². The van der Waals surface area contributed by atoms with E-state index in [2.05, 4.69) is 12.1 Å². The third-order valence-corrected chi connectivity index (χ3v) is 7.69. The third kappa shape index (κ3) is 4.42. The van der Waals surface area contributed by atoms with Crippen molar-refractivity contribution in [3.05, 3.63) is 95.1 Å². The summed E-state index contributed by atoms with van der Waals surface area (Å²) in [6.45, 7) is 4.93. The van der Waals surface area contributed by atoms with Gasteiger partial charge in [0, 0.05) is 12.6 Å². The van der Waals surface area contributed by atoms with E-state index >= 15 is 0 Å². The van der Waals surface area contributed by atoms with Gasteiger partial charge >= 0.3 is 0 Å². The van der Waals surface area contributed by atoms with E-state index in [1.807, 2.05) is 62.4 Å². The molecule has 3 aromatic rings. The third-order valence-electron chi connectivity index (χ3n) is 5.66. The van der Waals surface area contributed by atoms with Gasteiger partial charge in [0.15, 0.2) is 0 Å². The van der Waals surface area contributed by atoms with Crippen LogP contribution in [0.5, 0.6) is 5.75 Å². The molecule has 0 radical (unpaired) electrons. The summed E-state index contributed by atoms with van der Waals surface area (Å²) in [6.07, 6.45) is 1.37. The van der Waals surface area contributed by atoms with Crippen LogP contribution in [-0.2, 0) is 29.5 Å². The standard InChI is InChI=1S/C25H27NO3S/c1-19-8-12-25(13-9-19)30(27,28)26-15-14-23-17-24(11-10-22(23)16-20(26)2)29-18-21-6-4-3-5-7-21/h3-13,17,20H,14-16,18H2,1-2H3. The summed E-state index contributed by atoms with van der Waals surface area (Å²) in [4.78, 5) is 0.359. The number of rotatable bonds is 5. The summed E-state index contributed by atoms with van der Waals surface area (Å²) < 4.78 is 34.1. The van der Waals surface area contributed by atoms with E-state index in [9.17, 15) is 8.42 Å². The molecule has 156 valence electrons. The van der Waals surface area contributed by atoms with Crippen molar-refractivity contribution in [2.75, 3.05) is 6.54 Å². The van der Waals surface area contributed by atoms with Gasteiger partial charge in [-0.2, -0.15) is 4.31 Å². The molecule has 3 aromatic carbocycles. The monoisotopic (exact) mass is 421 g/mol.